The molecule has 60 heavy (non-hydrogen) atoms. The maximum absolute atomic E-state index is 6.74. The van der Waals surface area contributed by atoms with Gasteiger partial charge < -0.3 is 8.83 Å². The Morgan fingerprint density at radius 3 is 1.87 bits per heavy atom. The lowest BCUT2D eigenvalue weighted by atomic mass is 9.93. The van der Waals surface area contributed by atoms with Gasteiger partial charge in [-0.3, -0.25) is 0 Å². The Balaban J connectivity index is 0.941. The first-order chi connectivity index (χ1) is 29.7. The molecular weight excluding hydrogens is 733 g/mol. The van der Waals surface area contributed by atoms with Crippen molar-refractivity contribution in [2.75, 3.05) is 0 Å². The summed E-state index contributed by atoms with van der Waals surface area (Å²) in [5.41, 5.74) is 14.6. The number of allylic oxidation sites excluding steroid dienone is 1. The van der Waals surface area contributed by atoms with Crippen LogP contribution < -0.4 is 0 Å². The number of nitrogens with zero attached hydrogens (tertiary/aromatic N) is 2. The zero-order valence-corrected chi connectivity index (χ0v) is 32.4. The molecular formula is C56H34N2O2. The molecule has 13 rings (SSSR count). The van der Waals surface area contributed by atoms with Crippen LogP contribution in [0.5, 0.6) is 0 Å². The van der Waals surface area contributed by atoms with E-state index in [1.54, 1.807) is 0 Å². The summed E-state index contributed by atoms with van der Waals surface area (Å²) >= 11 is 0. The number of hydrogen-bond acceptors (Lipinski definition) is 4. The van der Waals surface area contributed by atoms with Gasteiger partial charge in [0.25, 0.3) is 0 Å². The fourth-order valence-corrected chi connectivity index (χ4v) is 9.42. The molecule has 9 aromatic carbocycles. The minimum Gasteiger partial charge on any atom is -0.456 e. The summed E-state index contributed by atoms with van der Waals surface area (Å²) in [4.78, 5) is 10.9. The summed E-state index contributed by atoms with van der Waals surface area (Å²) < 4.78 is 13.1. The van der Waals surface area contributed by atoms with Gasteiger partial charge in [-0.2, -0.15) is 0 Å². The molecule has 1 aliphatic heterocycles. The van der Waals surface area contributed by atoms with Crippen molar-refractivity contribution in [1.82, 2.24) is 0 Å². The third kappa shape index (κ3) is 5.24. The molecule has 2 aliphatic rings. The summed E-state index contributed by atoms with van der Waals surface area (Å²) in [5, 5.41) is 9.21. The van der Waals surface area contributed by atoms with Crippen molar-refractivity contribution in [3.63, 3.8) is 0 Å². The number of para-hydroxylation sites is 1. The first-order valence-corrected chi connectivity index (χ1v) is 20.6. The summed E-state index contributed by atoms with van der Waals surface area (Å²) in [6, 6.07) is 66.6. The van der Waals surface area contributed by atoms with Gasteiger partial charge in [-0.1, -0.05) is 146 Å². The number of aliphatic imine (C=N–C) groups is 2. The molecule has 0 amide bonds. The topological polar surface area (TPSA) is 51.0 Å². The number of benzene rings is 9. The second-order valence-corrected chi connectivity index (χ2v) is 16.0. The van der Waals surface area contributed by atoms with E-state index < -0.39 is 0 Å². The molecule has 11 aromatic rings. The summed E-state index contributed by atoms with van der Waals surface area (Å²) in [7, 11) is 0. The van der Waals surface area contributed by atoms with Crippen LogP contribution in [-0.2, 0) is 0 Å². The van der Waals surface area contributed by atoms with E-state index in [1.807, 2.05) is 12.1 Å². The standard InChI is InChI=1S/C56H34N2O2/c1-2-11-36(12-3-1)54-45-31-46(45)55(58-56(57-54)40-24-26-43-42-15-8-9-17-49(42)59-51(43)30-40)47-32-52-53(44-16-7-6-14-41(44)47)48-29-39(25-27-50(48)60-52)35-20-18-34(19-21-35)38-23-22-33-10-4-5-13-37(33)28-38/h1-30,32,46H,31H2. The molecule has 0 bridgehead atoms. The molecule has 4 heteroatoms. The molecule has 1 saturated carbocycles. The van der Waals surface area contributed by atoms with E-state index >= 15 is 0 Å². The summed E-state index contributed by atoms with van der Waals surface area (Å²) in [5.74, 6) is 0.821. The van der Waals surface area contributed by atoms with Crippen LogP contribution in [0.3, 0.4) is 0 Å². The van der Waals surface area contributed by atoms with Gasteiger partial charge in [-0.25, -0.2) is 9.98 Å². The van der Waals surface area contributed by atoms with Crippen LogP contribution in [0.15, 0.2) is 212 Å². The van der Waals surface area contributed by atoms with Crippen LogP contribution in [0, 0.1) is 5.92 Å². The molecule has 280 valence electrons. The van der Waals surface area contributed by atoms with Gasteiger partial charge >= 0.3 is 0 Å². The maximum Gasteiger partial charge on any atom is 0.160 e. The quantitative estimate of drug-likeness (QED) is 0.175. The van der Waals surface area contributed by atoms with Crippen LogP contribution in [0.1, 0.15) is 23.1 Å². The molecule has 3 heterocycles. The second kappa shape index (κ2) is 12.8. The molecule has 1 atom stereocenters. The normalized spacial score (nSPS) is 15.2. The summed E-state index contributed by atoms with van der Waals surface area (Å²) in [6.45, 7) is 0. The van der Waals surface area contributed by atoms with Gasteiger partial charge in [-0.15, -0.1) is 0 Å². The Hall–Kier alpha value is -7.82. The van der Waals surface area contributed by atoms with E-state index in [0.29, 0.717) is 5.84 Å². The molecule has 0 saturated heterocycles. The van der Waals surface area contributed by atoms with E-state index in [4.69, 9.17) is 18.8 Å². The Labute approximate surface area is 345 Å². The van der Waals surface area contributed by atoms with Crippen LogP contribution in [0.25, 0.3) is 93.4 Å². The van der Waals surface area contributed by atoms with Gasteiger partial charge in [0.1, 0.15) is 22.3 Å². The molecule has 0 N–H and O–H groups in total. The van der Waals surface area contributed by atoms with Gasteiger partial charge in [0.15, 0.2) is 5.84 Å². The highest BCUT2D eigenvalue weighted by Gasteiger charge is 2.41. The van der Waals surface area contributed by atoms with E-state index in [1.165, 1.54) is 33.0 Å². The Morgan fingerprint density at radius 1 is 0.383 bits per heavy atom. The Morgan fingerprint density at radius 2 is 1.02 bits per heavy atom. The summed E-state index contributed by atoms with van der Waals surface area (Å²) in [6.07, 6.45) is 0.915. The SMILES string of the molecule is c1ccc(C2=C3CC3C(c3cc4oc5ccc(-c6ccc(-c7ccc8ccccc8c7)cc6)cc5c4c4ccccc34)=NC(c3ccc4c(c3)oc3ccccc34)=N2)cc1. The van der Waals surface area contributed by atoms with E-state index in [2.05, 4.69) is 176 Å². The van der Waals surface area contributed by atoms with Crippen LogP contribution in [-0.4, -0.2) is 11.5 Å². The largest absolute Gasteiger partial charge is 0.456 e. The third-order valence-corrected chi connectivity index (χ3v) is 12.5. The van der Waals surface area contributed by atoms with Crippen molar-refractivity contribution in [3.8, 4) is 22.3 Å². The van der Waals surface area contributed by atoms with Crippen molar-refractivity contribution >= 4 is 82.7 Å². The maximum atomic E-state index is 6.74. The van der Waals surface area contributed by atoms with Crippen LogP contribution in [0.2, 0.25) is 0 Å². The fourth-order valence-electron chi connectivity index (χ4n) is 9.42. The lowest BCUT2D eigenvalue weighted by Crippen LogP contribution is -2.09. The van der Waals surface area contributed by atoms with Crippen molar-refractivity contribution in [3.05, 3.63) is 210 Å². The predicted molar refractivity (Wildman–Crippen MR) is 248 cm³/mol. The van der Waals surface area contributed by atoms with E-state index in [-0.39, 0.29) is 5.92 Å². The third-order valence-electron chi connectivity index (χ3n) is 12.5. The van der Waals surface area contributed by atoms with Crippen LogP contribution >= 0.6 is 0 Å². The highest BCUT2D eigenvalue weighted by Crippen LogP contribution is 2.50. The van der Waals surface area contributed by atoms with Gasteiger partial charge in [0, 0.05) is 44.2 Å². The van der Waals surface area contributed by atoms with Crippen LogP contribution in [0.4, 0.5) is 0 Å². The highest BCUT2D eigenvalue weighted by molar-refractivity contribution is 6.28. The van der Waals surface area contributed by atoms with Crippen molar-refractivity contribution < 1.29 is 8.83 Å². The monoisotopic (exact) mass is 766 g/mol. The molecule has 1 unspecified atom stereocenters. The highest BCUT2D eigenvalue weighted by atomic mass is 16.3. The fraction of sp³-hybridized carbons (Fsp3) is 0.0357. The number of fused-ring (bicyclic) bond motifs is 10. The van der Waals surface area contributed by atoms with Crippen molar-refractivity contribution in [2.24, 2.45) is 15.9 Å². The minimum atomic E-state index is 0.144. The number of hydrogen-bond donors (Lipinski definition) is 0. The minimum absolute atomic E-state index is 0.144. The Kier molecular flexibility index (Phi) is 7.10. The van der Waals surface area contributed by atoms with Gasteiger partial charge in [0.2, 0.25) is 0 Å². The molecule has 4 nitrogen and oxygen atoms in total. The molecule has 1 fully saturated rings. The molecule has 1 aliphatic carbocycles. The van der Waals surface area contributed by atoms with Gasteiger partial charge in [0.05, 0.1) is 11.4 Å². The molecule has 2 aromatic heterocycles. The van der Waals surface area contributed by atoms with Crippen molar-refractivity contribution in [1.29, 1.82) is 0 Å². The smallest absolute Gasteiger partial charge is 0.160 e. The Bertz CT molecular complexity index is 3680. The second-order valence-electron chi connectivity index (χ2n) is 16.0. The zero-order chi connectivity index (χ0) is 39.3. The number of furan rings is 2. The number of amidine groups is 1. The van der Waals surface area contributed by atoms with Gasteiger partial charge in [-0.05, 0) is 98.3 Å². The predicted octanol–water partition coefficient (Wildman–Crippen LogP) is 14.8. The first-order valence-electron chi connectivity index (χ1n) is 20.6. The first kappa shape index (κ1) is 33.2. The van der Waals surface area contributed by atoms with Crippen molar-refractivity contribution in [2.45, 2.75) is 6.42 Å². The average Bonchev–Trinajstić information content (AvgIpc) is 3.91. The lowest BCUT2D eigenvalue weighted by molar-refractivity contribution is 0.668. The van der Waals surface area contributed by atoms with E-state index in [9.17, 15) is 0 Å². The average molecular weight is 767 g/mol. The zero-order valence-electron chi connectivity index (χ0n) is 32.4. The molecule has 0 radical (unpaired) electrons. The van der Waals surface area contributed by atoms with E-state index in [0.717, 1.165) is 94.7 Å². The lowest BCUT2D eigenvalue weighted by Gasteiger charge is -2.11. The molecule has 0 spiro atoms. The number of rotatable bonds is 5.